The van der Waals surface area contributed by atoms with Crippen LogP contribution in [0.15, 0.2) is 90.2 Å². The lowest BCUT2D eigenvalue weighted by Gasteiger charge is -2.30. The number of aromatic nitrogens is 1. The van der Waals surface area contributed by atoms with Gasteiger partial charge in [-0.3, -0.25) is 4.79 Å². The summed E-state index contributed by atoms with van der Waals surface area (Å²) in [6.07, 6.45) is 1.75. The number of hydrogen-bond donors (Lipinski definition) is 2. The fourth-order valence-electron chi connectivity index (χ4n) is 4.94. The molecule has 1 aliphatic carbocycles. The third-order valence-electron chi connectivity index (χ3n) is 6.99. The van der Waals surface area contributed by atoms with Crippen LogP contribution in [0.5, 0.6) is 0 Å². The summed E-state index contributed by atoms with van der Waals surface area (Å²) in [5, 5.41) is 14.2. The molecular weight excluding hydrogens is 406 g/mol. The summed E-state index contributed by atoms with van der Waals surface area (Å²) in [7, 11) is 0. The Morgan fingerprint density at radius 3 is 2.33 bits per heavy atom. The number of nitrogens with one attached hydrogen (secondary N) is 1. The quantitative estimate of drug-likeness (QED) is 0.333. The second kappa shape index (κ2) is 7.35. The Hall–Kier alpha value is -3.85. The predicted molar refractivity (Wildman–Crippen MR) is 137 cm³/mol. The van der Waals surface area contributed by atoms with Gasteiger partial charge >= 0.3 is 0 Å². The molecule has 0 amide bonds. The van der Waals surface area contributed by atoms with E-state index in [9.17, 15) is 9.90 Å². The highest BCUT2D eigenvalue weighted by atomic mass is 16.3. The molecule has 0 unspecified atom stereocenters. The van der Waals surface area contributed by atoms with Gasteiger partial charge in [-0.1, -0.05) is 75.0 Å². The zero-order valence-electron chi connectivity index (χ0n) is 19.4. The predicted octanol–water partition coefficient (Wildman–Crippen LogP) is 7.25. The fraction of sp³-hybridized carbons (Fsp3) is 0.167. The minimum Gasteiger partial charge on any atom is -0.506 e. The summed E-state index contributed by atoms with van der Waals surface area (Å²) >= 11 is 0. The van der Waals surface area contributed by atoms with Crippen molar-refractivity contribution >= 4 is 33.0 Å². The van der Waals surface area contributed by atoms with Crippen molar-refractivity contribution in [2.75, 3.05) is 0 Å². The van der Waals surface area contributed by atoms with Crippen molar-refractivity contribution in [1.29, 1.82) is 0 Å². The molecule has 3 heteroatoms. The Morgan fingerprint density at radius 1 is 1.00 bits per heavy atom. The molecule has 164 valence electrons. The van der Waals surface area contributed by atoms with Gasteiger partial charge in [0.05, 0.1) is 11.1 Å². The molecule has 0 bridgehead atoms. The molecule has 0 saturated carbocycles. The Balaban J connectivity index is 1.54. The summed E-state index contributed by atoms with van der Waals surface area (Å²) in [5.41, 5.74) is 6.01. The minimum absolute atomic E-state index is 0.0417. The lowest BCUT2D eigenvalue weighted by molar-refractivity contribution is -0.111. The molecule has 1 aliphatic rings. The average Bonchev–Trinajstić information content (AvgIpc) is 3.12. The summed E-state index contributed by atoms with van der Waals surface area (Å²) < 4.78 is 0. The van der Waals surface area contributed by atoms with E-state index in [2.05, 4.69) is 56.6 Å². The highest BCUT2D eigenvalue weighted by Crippen LogP contribution is 2.43. The highest BCUT2D eigenvalue weighted by Gasteiger charge is 2.38. The van der Waals surface area contributed by atoms with Crippen molar-refractivity contribution < 1.29 is 9.90 Å². The molecule has 1 aromatic heterocycles. The number of benzene rings is 3. The number of aromatic amines is 1. The van der Waals surface area contributed by atoms with Gasteiger partial charge in [0.15, 0.2) is 0 Å². The molecule has 0 aliphatic heterocycles. The second-order valence-corrected chi connectivity index (χ2v) is 9.45. The van der Waals surface area contributed by atoms with Crippen LogP contribution in [-0.4, -0.2) is 15.9 Å². The number of ketones is 1. The van der Waals surface area contributed by atoms with E-state index < -0.39 is 5.41 Å². The Morgan fingerprint density at radius 2 is 1.64 bits per heavy atom. The van der Waals surface area contributed by atoms with Crippen LogP contribution >= 0.6 is 0 Å². The van der Waals surface area contributed by atoms with Crippen molar-refractivity contribution in [1.82, 2.24) is 4.98 Å². The van der Waals surface area contributed by atoms with Gasteiger partial charge in [-0.25, -0.2) is 0 Å². The lowest BCUT2D eigenvalue weighted by atomic mass is 9.73. The van der Waals surface area contributed by atoms with E-state index in [-0.39, 0.29) is 11.5 Å². The van der Waals surface area contributed by atoms with Crippen molar-refractivity contribution in [3.05, 3.63) is 113 Å². The average molecular weight is 434 g/mol. The number of allylic oxidation sites excluding steroid dienone is 4. The van der Waals surface area contributed by atoms with E-state index in [0.29, 0.717) is 11.1 Å². The number of aryl methyl sites for hydroxylation is 2. The van der Waals surface area contributed by atoms with E-state index in [4.69, 9.17) is 0 Å². The molecule has 0 atom stereocenters. The molecule has 0 spiro atoms. The number of para-hydroxylation sites is 1. The Kier molecular flexibility index (Phi) is 4.68. The van der Waals surface area contributed by atoms with E-state index in [1.54, 1.807) is 6.08 Å². The molecular formula is C30H27NO2. The maximum absolute atomic E-state index is 13.2. The van der Waals surface area contributed by atoms with Gasteiger partial charge in [-0.05, 0) is 53.5 Å². The molecule has 3 nitrogen and oxygen atoms in total. The van der Waals surface area contributed by atoms with Crippen LogP contribution in [0.25, 0.3) is 27.2 Å². The monoisotopic (exact) mass is 433 g/mol. The van der Waals surface area contributed by atoms with Gasteiger partial charge in [0.1, 0.15) is 5.76 Å². The smallest absolute Gasteiger partial charge is 0.201 e. The Bertz CT molecular complexity index is 1540. The second-order valence-electron chi connectivity index (χ2n) is 9.45. The normalized spacial score (nSPS) is 15.5. The van der Waals surface area contributed by atoms with Crippen molar-refractivity contribution in [3.63, 3.8) is 0 Å². The number of aliphatic hydroxyl groups is 1. The molecule has 33 heavy (non-hydrogen) atoms. The first-order valence-corrected chi connectivity index (χ1v) is 11.2. The van der Waals surface area contributed by atoms with Gasteiger partial charge < -0.3 is 10.1 Å². The highest BCUT2D eigenvalue weighted by molar-refractivity contribution is 6.40. The van der Waals surface area contributed by atoms with Crippen LogP contribution in [0.1, 0.15) is 36.2 Å². The molecule has 2 N–H and O–H groups in total. The number of carbonyl (C=O) groups is 1. The SMILES string of the molecule is C=C(/C=C1\C(=O)C(c2c(C)[nH]c3ccccc23)=C1O)C(C)(C)c1cc2ccccc2cc1C. The van der Waals surface area contributed by atoms with E-state index in [1.807, 2.05) is 43.3 Å². The minimum atomic E-state index is -0.409. The van der Waals surface area contributed by atoms with E-state index in [0.717, 1.165) is 33.3 Å². The number of H-pyrrole nitrogens is 1. The van der Waals surface area contributed by atoms with Gasteiger partial charge in [-0.2, -0.15) is 0 Å². The van der Waals surface area contributed by atoms with Gasteiger partial charge in [0.2, 0.25) is 5.78 Å². The number of fused-ring (bicyclic) bond motifs is 2. The maximum atomic E-state index is 13.2. The van der Waals surface area contributed by atoms with E-state index in [1.165, 1.54) is 16.3 Å². The molecule has 3 aromatic carbocycles. The van der Waals surface area contributed by atoms with Crippen LogP contribution in [-0.2, 0) is 10.2 Å². The number of Topliss-reactive ketones (excluding diaryl/α,β-unsaturated/α-hetero) is 1. The van der Waals surface area contributed by atoms with Crippen LogP contribution in [0.2, 0.25) is 0 Å². The molecule has 5 rings (SSSR count). The van der Waals surface area contributed by atoms with Gasteiger partial charge in [-0.15, -0.1) is 0 Å². The summed E-state index contributed by atoms with van der Waals surface area (Å²) in [5.74, 6) is -0.104. The lowest BCUT2D eigenvalue weighted by Crippen LogP contribution is -2.25. The topological polar surface area (TPSA) is 53.1 Å². The number of hydrogen-bond acceptors (Lipinski definition) is 2. The molecule has 1 heterocycles. The number of aliphatic hydroxyl groups excluding tert-OH is 1. The summed E-state index contributed by atoms with van der Waals surface area (Å²) in [4.78, 5) is 16.5. The first-order valence-electron chi connectivity index (χ1n) is 11.2. The fourth-order valence-corrected chi connectivity index (χ4v) is 4.94. The number of carbonyl (C=O) groups excluding carboxylic acids is 1. The first-order chi connectivity index (χ1) is 15.7. The van der Waals surface area contributed by atoms with Gasteiger partial charge in [0, 0.05) is 27.6 Å². The third kappa shape index (κ3) is 3.15. The van der Waals surface area contributed by atoms with Crippen LogP contribution in [0.4, 0.5) is 0 Å². The molecule has 4 aromatic rings. The molecule has 0 radical (unpaired) electrons. The number of rotatable bonds is 4. The van der Waals surface area contributed by atoms with Crippen LogP contribution in [0, 0.1) is 13.8 Å². The van der Waals surface area contributed by atoms with Crippen molar-refractivity contribution in [2.45, 2.75) is 33.1 Å². The van der Waals surface area contributed by atoms with E-state index >= 15 is 0 Å². The van der Waals surface area contributed by atoms with Crippen molar-refractivity contribution in [3.8, 4) is 0 Å². The largest absolute Gasteiger partial charge is 0.506 e. The summed E-state index contributed by atoms with van der Waals surface area (Å²) in [6.45, 7) is 12.6. The standard InChI is InChI=1S/C30H27NO2/c1-17-14-20-10-6-7-11-21(20)16-24(17)30(4,5)18(2)15-23-28(32)27(29(23)33)26-19(3)31-25-13-9-8-12-22(25)26/h6-16,31-32H,2H2,1,3-5H3/b23-15-. The van der Waals surface area contributed by atoms with Gasteiger partial charge in [0.25, 0.3) is 0 Å². The zero-order valence-corrected chi connectivity index (χ0v) is 19.4. The maximum Gasteiger partial charge on any atom is 0.201 e. The molecule has 0 fully saturated rings. The van der Waals surface area contributed by atoms with Crippen LogP contribution < -0.4 is 0 Å². The first kappa shape index (κ1) is 21.0. The molecule has 0 saturated heterocycles. The summed E-state index contributed by atoms with van der Waals surface area (Å²) in [6, 6.07) is 20.5. The zero-order chi connectivity index (χ0) is 23.5. The Labute approximate surface area is 193 Å². The van der Waals surface area contributed by atoms with Crippen molar-refractivity contribution in [2.24, 2.45) is 0 Å². The van der Waals surface area contributed by atoms with Crippen LogP contribution in [0.3, 0.4) is 0 Å². The third-order valence-corrected chi connectivity index (χ3v) is 6.99.